The molecule has 1 aliphatic heterocycles. The van der Waals surface area contributed by atoms with E-state index in [9.17, 15) is 4.79 Å². The van der Waals surface area contributed by atoms with Gasteiger partial charge in [0.1, 0.15) is 6.29 Å². The van der Waals surface area contributed by atoms with E-state index >= 15 is 0 Å². The Morgan fingerprint density at radius 3 is 2.77 bits per heavy atom. The summed E-state index contributed by atoms with van der Waals surface area (Å²) >= 11 is 0. The molecule has 0 aliphatic carbocycles. The lowest BCUT2D eigenvalue weighted by molar-refractivity contribution is -0.108. The highest BCUT2D eigenvalue weighted by atomic mass is 16.1. The van der Waals surface area contributed by atoms with Gasteiger partial charge in [-0.3, -0.25) is 4.90 Å². The van der Waals surface area contributed by atoms with Crippen molar-refractivity contribution in [2.45, 2.75) is 26.3 Å². The van der Waals surface area contributed by atoms with Gasteiger partial charge in [0.15, 0.2) is 0 Å². The molecule has 76 valence electrons. The molecule has 1 atom stereocenters. The molecule has 1 fully saturated rings. The van der Waals surface area contributed by atoms with E-state index in [0.29, 0.717) is 12.5 Å². The van der Waals surface area contributed by atoms with Gasteiger partial charge in [0.25, 0.3) is 0 Å². The molecule has 0 amide bonds. The van der Waals surface area contributed by atoms with Gasteiger partial charge in [-0.25, -0.2) is 0 Å². The van der Waals surface area contributed by atoms with Crippen molar-refractivity contribution in [3.05, 3.63) is 0 Å². The largest absolute Gasteiger partial charge is 0.303 e. The quantitative estimate of drug-likeness (QED) is 0.598. The lowest BCUT2D eigenvalue weighted by atomic mass is 10.2. The van der Waals surface area contributed by atoms with E-state index in [1.807, 2.05) is 0 Å². The van der Waals surface area contributed by atoms with E-state index in [2.05, 4.69) is 23.6 Å². The topological polar surface area (TPSA) is 23.6 Å². The second-order valence-electron chi connectivity index (χ2n) is 3.73. The van der Waals surface area contributed by atoms with Crippen molar-refractivity contribution in [1.29, 1.82) is 0 Å². The molecule has 3 heteroatoms. The van der Waals surface area contributed by atoms with Gasteiger partial charge < -0.3 is 9.69 Å². The number of nitrogens with zero attached hydrogens (tertiary/aromatic N) is 2. The predicted molar refractivity (Wildman–Crippen MR) is 53.8 cm³/mol. The summed E-state index contributed by atoms with van der Waals surface area (Å²) in [6, 6.07) is 0.644. The molecule has 0 aromatic carbocycles. The van der Waals surface area contributed by atoms with Crippen LogP contribution in [0.4, 0.5) is 0 Å². The third-order valence-corrected chi connectivity index (χ3v) is 2.82. The number of carbonyl (C=O) groups excluding carboxylic acids is 1. The van der Waals surface area contributed by atoms with Crippen molar-refractivity contribution < 1.29 is 4.79 Å². The molecular weight excluding hydrogens is 164 g/mol. The van der Waals surface area contributed by atoms with Crippen LogP contribution in [0.25, 0.3) is 0 Å². The van der Waals surface area contributed by atoms with Crippen LogP contribution in [-0.2, 0) is 4.79 Å². The molecule has 1 aliphatic rings. The number of hydrogen-bond acceptors (Lipinski definition) is 3. The van der Waals surface area contributed by atoms with Crippen molar-refractivity contribution in [3.8, 4) is 0 Å². The standard InChI is InChI=1S/C10H20N2O/c1-3-12-7-6-11(5-4-8-13)9-10(12)2/h8,10H,3-7,9H2,1-2H3. The van der Waals surface area contributed by atoms with E-state index in [1.165, 1.54) is 0 Å². The lowest BCUT2D eigenvalue weighted by Crippen LogP contribution is -2.51. The summed E-state index contributed by atoms with van der Waals surface area (Å²) < 4.78 is 0. The third kappa shape index (κ3) is 3.08. The third-order valence-electron chi connectivity index (χ3n) is 2.82. The molecule has 3 nitrogen and oxygen atoms in total. The van der Waals surface area contributed by atoms with Crippen molar-refractivity contribution >= 4 is 6.29 Å². The highest BCUT2D eigenvalue weighted by molar-refractivity contribution is 5.49. The van der Waals surface area contributed by atoms with Gasteiger partial charge in [-0.15, -0.1) is 0 Å². The molecule has 1 rings (SSSR count). The Morgan fingerprint density at radius 2 is 2.23 bits per heavy atom. The van der Waals surface area contributed by atoms with E-state index < -0.39 is 0 Å². The fourth-order valence-electron chi connectivity index (χ4n) is 1.98. The average molecular weight is 184 g/mol. The number of carbonyl (C=O) groups is 1. The van der Waals surface area contributed by atoms with Crippen LogP contribution in [0.2, 0.25) is 0 Å². The van der Waals surface area contributed by atoms with Crippen LogP contribution in [0.3, 0.4) is 0 Å². The van der Waals surface area contributed by atoms with Crippen LogP contribution >= 0.6 is 0 Å². The first kappa shape index (κ1) is 10.7. The Labute approximate surface area is 80.7 Å². The maximum atomic E-state index is 10.2. The minimum Gasteiger partial charge on any atom is -0.303 e. The second-order valence-corrected chi connectivity index (χ2v) is 3.73. The lowest BCUT2D eigenvalue weighted by Gasteiger charge is -2.39. The van der Waals surface area contributed by atoms with Crippen LogP contribution in [0.1, 0.15) is 20.3 Å². The second kappa shape index (κ2) is 5.35. The maximum absolute atomic E-state index is 10.2. The van der Waals surface area contributed by atoms with Crippen molar-refractivity contribution in [2.24, 2.45) is 0 Å². The molecule has 1 heterocycles. The van der Waals surface area contributed by atoms with Crippen molar-refractivity contribution in [3.63, 3.8) is 0 Å². The molecular formula is C10H20N2O. The first-order chi connectivity index (χ1) is 6.27. The molecule has 0 saturated carbocycles. The highest BCUT2D eigenvalue weighted by Crippen LogP contribution is 2.08. The molecule has 0 spiro atoms. The summed E-state index contributed by atoms with van der Waals surface area (Å²) in [7, 11) is 0. The first-order valence-electron chi connectivity index (χ1n) is 5.18. The Morgan fingerprint density at radius 1 is 1.46 bits per heavy atom. The van der Waals surface area contributed by atoms with Gasteiger partial charge >= 0.3 is 0 Å². The fourth-order valence-corrected chi connectivity index (χ4v) is 1.98. The maximum Gasteiger partial charge on any atom is 0.121 e. The van der Waals surface area contributed by atoms with Gasteiger partial charge in [0.2, 0.25) is 0 Å². The summed E-state index contributed by atoms with van der Waals surface area (Å²) in [4.78, 5) is 15.1. The summed E-state index contributed by atoms with van der Waals surface area (Å²) in [5.41, 5.74) is 0. The monoisotopic (exact) mass is 184 g/mol. The number of aldehydes is 1. The van der Waals surface area contributed by atoms with Crippen molar-refractivity contribution in [2.75, 3.05) is 32.7 Å². The number of piperazine rings is 1. The molecule has 1 unspecified atom stereocenters. The van der Waals surface area contributed by atoms with E-state index in [4.69, 9.17) is 0 Å². The fraction of sp³-hybridized carbons (Fsp3) is 0.900. The molecule has 1 saturated heterocycles. The predicted octanol–water partition coefficient (Wildman–Crippen LogP) is 0.601. The summed E-state index contributed by atoms with van der Waals surface area (Å²) in [5.74, 6) is 0. The summed E-state index contributed by atoms with van der Waals surface area (Å²) in [6.45, 7) is 9.92. The normalized spacial score (nSPS) is 26.2. The molecule has 0 aromatic heterocycles. The van der Waals surface area contributed by atoms with E-state index in [1.54, 1.807) is 0 Å². The molecule has 0 radical (unpaired) electrons. The zero-order chi connectivity index (χ0) is 9.68. The van der Waals surface area contributed by atoms with Crippen LogP contribution in [0, 0.1) is 0 Å². The minimum atomic E-state index is 0.644. The number of hydrogen-bond donors (Lipinski definition) is 0. The van der Waals surface area contributed by atoms with Crippen LogP contribution < -0.4 is 0 Å². The zero-order valence-electron chi connectivity index (χ0n) is 8.70. The van der Waals surface area contributed by atoms with Gasteiger partial charge in [-0.05, 0) is 13.5 Å². The molecule has 0 bridgehead atoms. The molecule has 0 aromatic rings. The van der Waals surface area contributed by atoms with E-state index in [-0.39, 0.29) is 0 Å². The van der Waals surface area contributed by atoms with Crippen LogP contribution in [0.5, 0.6) is 0 Å². The summed E-state index contributed by atoms with van der Waals surface area (Å²) in [5, 5.41) is 0. The zero-order valence-corrected chi connectivity index (χ0v) is 8.70. The smallest absolute Gasteiger partial charge is 0.121 e. The number of likely N-dealkylation sites (N-methyl/N-ethyl adjacent to an activating group) is 1. The van der Waals surface area contributed by atoms with Crippen molar-refractivity contribution in [1.82, 2.24) is 9.80 Å². The van der Waals surface area contributed by atoms with Crippen LogP contribution in [0.15, 0.2) is 0 Å². The Bertz CT molecular complexity index is 161. The van der Waals surface area contributed by atoms with E-state index in [0.717, 1.165) is 39.0 Å². The number of rotatable bonds is 4. The average Bonchev–Trinajstić information content (AvgIpc) is 2.15. The van der Waals surface area contributed by atoms with Gasteiger partial charge in [0.05, 0.1) is 0 Å². The Kier molecular flexibility index (Phi) is 4.39. The molecule has 0 N–H and O–H groups in total. The van der Waals surface area contributed by atoms with Gasteiger partial charge in [0, 0.05) is 38.6 Å². The SMILES string of the molecule is CCN1CCN(CCC=O)CC1C. The van der Waals surface area contributed by atoms with Gasteiger partial charge in [-0.1, -0.05) is 6.92 Å². The van der Waals surface area contributed by atoms with Gasteiger partial charge in [-0.2, -0.15) is 0 Å². The first-order valence-corrected chi connectivity index (χ1v) is 5.18. The Balaban J connectivity index is 2.28. The minimum absolute atomic E-state index is 0.644. The molecule has 13 heavy (non-hydrogen) atoms. The summed E-state index contributed by atoms with van der Waals surface area (Å²) in [6.07, 6.45) is 1.69. The Hall–Kier alpha value is -0.410. The van der Waals surface area contributed by atoms with Crippen LogP contribution in [-0.4, -0.2) is 54.9 Å². The highest BCUT2D eigenvalue weighted by Gasteiger charge is 2.21.